The van der Waals surface area contributed by atoms with Gasteiger partial charge in [0.25, 0.3) is 5.91 Å². The number of carbonyl (C=O) groups is 3. The molecule has 2 rings (SSSR count). The van der Waals surface area contributed by atoms with E-state index < -0.39 is 23.5 Å². The van der Waals surface area contributed by atoms with Crippen molar-refractivity contribution in [2.24, 2.45) is 11.5 Å². The molecule has 0 unspecified atom stereocenters. The van der Waals surface area contributed by atoms with Gasteiger partial charge in [-0.1, -0.05) is 11.6 Å². The molecule has 5 N–H and O–H groups in total. The lowest BCUT2D eigenvalue weighted by molar-refractivity contribution is 0.0993. The van der Waals surface area contributed by atoms with Gasteiger partial charge in [0, 0.05) is 21.8 Å². The van der Waals surface area contributed by atoms with Crippen LogP contribution in [0.2, 0.25) is 5.02 Å². The van der Waals surface area contributed by atoms with E-state index in [1.54, 1.807) is 0 Å². The van der Waals surface area contributed by atoms with Gasteiger partial charge in [0.1, 0.15) is 5.82 Å². The van der Waals surface area contributed by atoms with E-state index in [1.165, 1.54) is 24.3 Å². The minimum atomic E-state index is -0.808. The van der Waals surface area contributed by atoms with Crippen molar-refractivity contribution in [1.82, 2.24) is 0 Å². The zero-order valence-corrected chi connectivity index (χ0v) is 12.4. The van der Waals surface area contributed by atoms with Gasteiger partial charge in [0.05, 0.1) is 5.56 Å². The van der Waals surface area contributed by atoms with Crippen LogP contribution in [-0.4, -0.2) is 17.7 Å². The number of nitrogens with two attached hydrogens (primary N) is 2. The summed E-state index contributed by atoms with van der Waals surface area (Å²) in [7, 11) is 0. The molecule has 3 amide bonds. The Balaban J connectivity index is 2.39. The Labute approximate surface area is 135 Å². The maximum Gasteiger partial charge on any atom is 0.258 e. The lowest BCUT2D eigenvalue weighted by atomic mass is 10.1. The Bertz CT molecular complexity index is 791. The second-order valence-electron chi connectivity index (χ2n) is 4.61. The summed E-state index contributed by atoms with van der Waals surface area (Å²) < 4.78 is 13.7. The number of hydrogen-bond acceptors (Lipinski definition) is 3. The summed E-state index contributed by atoms with van der Waals surface area (Å²) in [4.78, 5) is 34.6. The van der Waals surface area contributed by atoms with Crippen molar-refractivity contribution in [2.75, 3.05) is 5.32 Å². The first-order valence-electron chi connectivity index (χ1n) is 6.29. The third kappa shape index (κ3) is 3.83. The van der Waals surface area contributed by atoms with Crippen LogP contribution in [0.5, 0.6) is 0 Å². The van der Waals surface area contributed by atoms with Crippen LogP contribution in [0, 0.1) is 5.82 Å². The quantitative estimate of drug-likeness (QED) is 0.792. The van der Waals surface area contributed by atoms with Gasteiger partial charge in [0.2, 0.25) is 11.8 Å². The molecule has 0 radical (unpaired) electrons. The van der Waals surface area contributed by atoms with Crippen molar-refractivity contribution in [3.8, 4) is 0 Å². The van der Waals surface area contributed by atoms with E-state index in [4.69, 9.17) is 23.1 Å². The Morgan fingerprint density at radius 3 is 2.04 bits per heavy atom. The first-order chi connectivity index (χ1) is 10.8. The lowest BCUT2D eigenvalue weighted by Crippen LogP contribution is -2.18. The van der Waals surface area contributed by atoms with E-state index in [2.05, 4.69) is 5.32 Å². The van der Waals surface area contributed by atoms with Crippen LogP contribution in [0.3, 0.4) is 0 Å². The molecular weight excluding hydrogens is 325 g/mol. The number of nitrogens with one attached hydrogen (secondary N) is 1. The molecule has 0 atom stereocenters. The third-order valence-corrected chi connectivity index (χ3v) is 3.17. The van der Waals surface area contributed by atoms with Gasteiger partial charge in [-0.15, -0.1) is 0 Å². The monoisotopic (exact) mass is 335 g/mol. The molecule has 0 spiro atoms. The number of primary amides is 2. The maximum absolute atomic E-state index is 13.7. The lowest BCUT2D eigenvalue weighted by Gasteiger charge is -2.09. The highest BCUT2D eigenvalue weighted by Gasteiger charge is 2.15. The molecule has 0 saturated carbocycles. The Kier molecular flexibility index (Phi) is 4.61. The molecule has 118 valence electrons. The van der Waals surface area contributed by atoms with Crippen LogP contribution >= 0.6 is 11.6 Å². The van der Waals surface area contributed by atoms with Gasteiger partial charge in [-0.05, 0) is 36.4 Å². The molecule has 8 heteroatoms. The largest absolute Gasteiger partial charge is 0.366 e. The van der Waals surface area contributed by atoms with E-state index in [9.17, 15) is 18.8 Å². The van der Waals surface area contributed by atoms with E-state index in [-0.39, 0.29) is 27.4 Å². The molecule has 0 aliphatic heterocycles. The average molecular weight is 336 g/mol. The predicted molar refractivity (Wildman–Crippen MR) is 82.8 cm³/mol. The average Bonchev–Trinajstić information content (AvgIpc) is 2.49. The van der Waals surface area contributed by atoms with E-state index in [0.717, 1.165) is 12.1 Å². The highest BCUT2D eigenvalue weighted by Crippen LogP contribution is 2.19. The highest BCUT2D eigenvalue weighted by molar-refractivity contribution is 6.31. The number of amides is 3. The van der Waals surface area contributed by atoms with Gasteiger partial charge < -0.3 is 16.8 Å². The summed E-state index contributed by atoms with van der Waals surface area (Å²) in [6.07, 6.45) is 0. The SMILES string of the molecule is NC(=O)c1cc(NC(=O)c2cc(Cl)ccc2F)cc(C(N)=O)c1. The van der Waals surface area contributed by atoms with E-state index in [0.29, 0.717) is 0 Å². The fraction of sp³-hybridized carbons (Fsp3) is 0. The molecule has 2 aromatic rings. The first-order valence-corrected chi connectivity index (χ1v) is 6.67. The third-order valence-electron chi connectivity index (χ3n) is 2.93. The Hall–Kier alpha value is -2.93. The van der Waals surface area contributed by atoms with Crippen LogP contribution in [-0.2, 0) is 0 Å². The molecule has 0 aliphatic carbocycles. The Morgan fingerprint density at radius 1 is 0.957 bits per heavy atom. The number of anilines is 1. The predicted octanol–water partition coefficient (Wildman–Crippen LogP) is 1.93. The second-order valence-corrected chi connectivity index (χ2v) is 5.04. The smallest absolute Gasteiger partial charge is 0.258 e. The standard InChI is InChI=1S/C15H11ClFN3O3/c16-9-1-2-12(17)11(6-9)15(23)20-10-4-7(13(18)21)3-8(5-10)14(19)22/h1-6H,(H2,18,21)(H2,19,22)(H,20,23). The zero-order chi connectivity index (χ0) is 17.1. The molecule has 0 aliphatic rings. The fourth-order valence-electron chi connectivity index (χ4n) is 1.85. The summed E-state index contributed by atoms with van der Waals surface area (Å²) in [5, 5.41) is 2.54. The topological polar surface area (TPSA) is 115 Å². The summed E-state index contributed by atoms with van der Waals surface area (Å²) >= 11 is 5.73. The molecule has 0 heterocycles. The first kappa shape index (κ1) is 16.4. The van der Waals surface area contributed by atoms with Crippen LogP contribution < -0.4 is 16.8 Å². The van der Waals surface area contributed by atoms with Crippen LogP contribution in [0.15, 0.2) is 36.4 Å². The molecule has 0 bridgehead atoms. The normalized spacial score (nSPS) is 10.2. The minimum absolute atomic E-state index is 0.0248. The van der Waals surface area contributed by atoms with Gasteiger partial charge >= 0.3 is 0 Å². The van der Waals surface area contributed by atoms with Crippen molar-refractivity contribution < 1.29 is 18.8 Å². The molecule has 0 saturated heterocycles. The number of halogens is 2. The minimum Gasteiger partial charge on any atom is -0.366 e. The molecular formula is C15H11ClFN3O3. The highest BCUT2D eigenvalue weighted by atomic mass is 35.5. The maximum atomic E-state index is 13.7. The number of hydrogen-bond donors (Lipinski definition) is 3. The van der Waals surface area contributed by atoms with Crippen molar-refractivity contribution in [3.05, 3.63) is 63.9 Å². The summed E-state index contributed by atoms with van der Waals surface area (Å²) in [6, 6.07) is 7.18. The summed E-state index contributed by atoms with van der Waals surface area (Å²) in [5.74, 6) is -3.19. The van der Waals surface area contributed by atoms with E-state index in [1.807, 2.05) is 0 Å². The molecule has 0 fully saturated rings. The number of benzene rings is 2. The van der Waals surface area contributed by atoms with Crippen molar-refractivity contribution in [3.63, 3.8) is 0 Å². The molecule has 23 heavy (non-hydrogen) atoms. The van der Waals surface area contributed by atoms with Crippen molar-refractivity contribution >= 4 is 35.0 Å². The Morgan fingerprint density at radius 2 is 1.52 bits per heavy atom. The summed E-state index contributed by atoms with van der Waals surface area (Å²) in [5.41, 5.74) is 10.0. The van der Waals surface area contributed by atoms with Gasteiger partial charge in [-0.3, -0.25) is 14.4 Å². The second kappa shape index (κ2) is 6.45. The van der Waals surface area contributed by atoms with Gasteiger partial charge in [0.15, 0.2) is 0 Å². The van der Waals surface area contributed by atoms with Crippen molar-refractivity contribution in [1.29, 1.82) is 0 Å². The van der Waals surface area contributed by atoms with Crippen LogP contribution in [0.25, 0.3) is 0 Å². The van der Waals surface area contributed by atoms with Crippen molar-refractivity contribution in [2.45, 2.75) is 0 Å². The molecule has 6 nitrogen and oxygen atoms in total. The van der Waals surface area contributed by atoms with Crippen LogP contribution in [0.4, 0.5) is 10.1 Å². The number of rotatable bonds is 4. The van der Waals surface area contributed by atoms with Gasteiger partial charge in [-0.2, -0.15) is 0 Å². The molecule has 2 aromatic carbocycles. The molecule has 0 aromatic heterocycles. The van der Waals surface area contributed by atoms with Gasteiger partial charge in [-0.25, -0.2) is 4.39 Å². The zero-order valence-electron chi connectivity index (χ0n) is 11.6. The summed E-state index contributed by atoms with van der Waals surface area (Å²) in [6.45, 7) is 0. The fourth-order valence-corrected chi connectivity index (χ4v) is 2.03. The van der Waals surface area contributed by atoms with Crippen LogP contribution in [0.1, 0.15) is 31.1 Å². The number of carbonyl (C=O) groups excluding carboxylic acids is 3. The van der Waals surface area contributed by atoms with E-state index >= 15 is 0 Å².